The third kappa shape index (κ3) is 6.44. The first-order chi connectivity index (χ1) is 13.9. The number of thiocarbonyl (C=S) groups is 1. The van der Waals surface area contributed by atoms with Gasteiger partial charge >= 0.3 is 5.97 Å². The number of carboxylic acids is 1. The van der Waals surface area contributed by atoms with Crippen molar-refractivity contribution in [3.8, 4) is 0 Å². The van der Waals surface area contributed by atoms with Gasteiger partial charge in [-0.2, -0.15) is 0 Å². The first-order valence-electron chi connectivity index (χ1n) is 10.0. The molecule has 2 N–H and O–H groups in total. The van der Waals surface area contributed by atoms with Crippen LogP contribution in [0.3, 0.4) is 0 Å². The van der Waals surface area contributed by atoms with Crippen LogP contribution in [0.5, 0.6) is 0 Å². The van der Waals surface area contributed by atoms with Crippen LogP contribution in [0.2, 0.25) is 5.02 Å². The van der Waals surface area contributed by atoms with E-state index >= 15 is 0 Å². The van der Waals surface area contributed by atoms with Crippen molar-refractivity contribution in [2.24, 2.45) is 11.8 Å². The zero-order valence-electron chi connectivity index (χ0n) is 16.6. The summed E-state index contributed by atoms with van der Waals surface area (Å²) in [5.41, 5.74) is 3.29. The summed E-state index contributed by atoms with van der Waals surface area (Å²) < 4.78 is 0. The van der Waals surface area contributed by atoms with E-state index in [4.69, 9.17) is 23.8 Å². The molecule has 0 aromatic heterocycles. The van der Waals surface area contributed by atoms with Gasteiger partial charge in [0.15, 0.2) is 5.11 Å². The highest BCUT2D eigenvalue weighted by Crippen LogP contribution is 2.30. The molecule has 0 saturated heterocycles. The van der Waals surface area contributed by atoms with Crippen molar-refractivity contribution in [1.82, 2.24) is 4.90 Å². The van der Waals surface area contributed by atoms with Gasteiger partial charge in [0.1, 0.15) is 0 Å². The second-order valence-electron chi connectivity index (χ2n) is 7.86. The van der Waals surface area contributed by atoms with Crippen LogP contribution in [-0.2, 0) is 11.3 Å². The topological polar surface area (TPSA) is 52.6 Å². The molecule has 1 aliphatic rings. The number of anilines is 1. The van der Waals surface area contributed by atoms with Gasteiger partial charge in [-0.25, -0.2) is 0 Å². The largest absolute Gasteiger partial charge is 0.481 e. The Morgan fingerprint density at radius 2 is 1.86 bits per heavy atom. The van der Waals surface area contributed by atoms with Crippen molar-refractivity contribution >= 4 is 40.6 Å². The van der Waals surface area contributed by atoms with Crippen molar-refractivity contribution in [3.05, 3.63) is 64.7 Å². The number of benzene rings is 2. The Hall–Kier alpha value is -2.11. The molecule has 0 aliphatic heterocycles. The lowest BCUT2D eigenvalue weighted by atomic mass is 9.82. The van der Waals surface area contributed by atoms with E-state index < -0.39 is 5.97 Å². The highest BCUT2D eigenvalue weighted by Gasteiger charge is 2.27. The van der Waals surface area contributed by atoms with Gasteiger partial charge in [-0.15, -0.1) is 0 Å². The van der Waals surface area contributed by atoms with E-state index in [0.717, 1.165) is 43.5 Å². The lowest BCUT2D eigenvalue weighted by molar-refractivity contribution is -0.143. The van der Waals surface area contributed by atoms with Crippen LogP contribution >= 0.6 is 23.8 Å². The number of carboxylic acid groups (broad SMARTS) is 1. The molecule has 1 saturated carbocycles. The average molecular weight is 431 g/mol. The number of halogens is 1. The Morgan fingerprint density at radius 3 is 2.48 bits per heavy atom. The maximum atomic E-state index is 11.2. The van der Waals surface area contributed by atoms with E-state index in [-0.39, 0.29) is 5.92 Å². The molecular formula is C23H27ClN2O2S. The minimum atomic E-state index is -0.668. The summed E-state index contributed by atoms with van der Waals surface area (Å²) in [7, 11) is 0. The molecule has 0 bridgehead atoms. The summed E-state index contributed by atoms with van der Waals surface area (Å²) >= 11 is 11.8. The second-order valence-corrected chi connectivity index (χ2v) is 8.69. The first kappa shape index (κ1) is 21.6. The molecule has 154 valence electrons. The summed E-state index contributed by atoms with van der Waals surface area (Å²) in [6, 6.07) is 16.0. The lowest BCUT2D eigenvalue weighted by Crippen LogP contribution is -2.39. The normalized spacial score (nSPS) is 18.8. The van der Waals surface area contributed by atoms with Crippen molar-refractivity contribution < 1.29 is 9.90 Å². The van der Waals surface area contributed by atoms with Gasteiger partial charge in [-0.3, -0.25) is 4.79 Å². The van der Waals surface area contributed by atoms with E-state index in [2.05, 4.69) is 29.3 Å². The molecule has 2 aromatic carbocycles. The maximum Gasteiger partial charge on any atom is 0.306 e. The van der Waals surface area contributed by atoms with E-state index in [9.17, 15) is 9.90 Å². The fraction of sp³-hybridized carbons (Fsp3) is 0.391. The van der Waals surface area contributed by atoms with Crippen molar-refractivity contribution in [3.63, 3.8) is 0 Å². The molecule has 2 aromatic rings. The third-order valence-corrected chi connectivity index (χ3v) is 6.13. The maximum absolute atomic E-state index is 11.2. The molecule has 1 aliphatic carbocycles. The Kier molecular flexibility index (Phi) is 7.51. The van der Waals surface area contributed by atoms with Crippen LogP contribution in [-0.4, -0.2) is 27.6 Å². The molecule has 0 heterocycles. The van der Waals surface area contributed by atoms with Crippen LogP contribution in [0.1, 0.15) is 36.8 Å². The van der Waals surface area contributed by atoms with E-state index in [1.807, 2.05) is 36.4 Å². The number of nitrogens with zero attached hydrogens (tertiary/aromatic N) is 1. The van der Waals surface area contributed by atoms with Gasteiger partial charge in [-0.1, -0.05) is 35.9 Å². The van der Waals surface area contributed by atoms with Crippen LogP contribution < -0.4 is 5.32 Å². The fourth-order valence-electron chi connectivity index (χ4n) is 3.86. The monoisotopic (exact) mass is 430 g/mol. The van der Waals surface area contributed by atoms with Crippen LogP contribution in [0.4, 0.5) is 5.69 Å². The third-order valence-electron chi connectivity index (χ3n) is 5.52. The highest BCUT2D eigenvalue weighted by atomic mass is 35.5. The number of hydrogen-bond acceptors (Lipinski definition) is 2. The van der Waals surface area contributed by atoms with Crippen molar-refractivity contribution in [1.29, 1.82) is 0 Å². The number of carbonyl (C=O) groups is 1. The van der Waals surface area contributed by atoms with Gasteiger partial charge in [0.2, 0.25) is 0 Å². The number of hydrogen-bond donors (Lipinski definition) is 2. The van der Waals surface area contributed by atoms with Crippen molar-refractivity contribution in [2.75, 3.05) is 11.9 Å². The Morgan fingerprint density at radius 1 is 1.17 bits per heavy atom. The summed E-state index contributed by atoms with van der Waals surface area (Å²) in [5, 5.41) is 14.0. The molecule has 0 spiro atoms. The van der Waals surface area contributed by atoms with E-state index in [1.165, 1.54) is 5.56 Å². The predicted octanol–water partition coefficient (Wildman–Crippen LogP) is 5.74. The Labute approximate surface area is 182 Å². The van der Waals surface area contributed by atoms with Crippen molar-refractivity contribution in [2.45, 2.75) is 39.2 Å². The van der Waals surface area contributed by atoms with Crippen LogP contribution in [0.25, 0.3) is 0 Å². The lowest BCUT2D eigenvalue weighted by Gasteiger charge is -2.33. The smallest absolute Gasteiger partial charge is 0.306 e. The van der Waals surface area contributed by atoms with Gasteiger partial charge in [0.25, 0.3) is 0 Å². The minimum absolute atomic E-state index is 0.201. The summed E-state index contributed by atoms with van der Waals surface area (Å²) in [6.45, 7) is 3.56. The molecule has 4 nitrogen and oxygen atoms in total. The molecule has 6 heteroatoms. The average Bonchev–Trinajstić information content (AvgIpc) is 2.69. The van der Waals surface area contributed by atoms with Gasteiger partial charge < -0.3 is 15.3 Å². The van der Waals surface area contributed by atoms with Gasteiger partial charge in [-0.05, 0) is 86.1 Å². The van der Waals surface area contributed by atoms with Gasteiger partial charge in [0, 0.05) is 23.8 Å². The minimum Gasteiger partial charge on any atom is -0.481 e. The standard InChI is InChI=1S/C23H27ClN2O2S/c1-16-3-2-4-21(13-16)25-23(29)26(15-18-7-11-20(24)12-8-18)14-17-5-9-19(10-6-17)22(27)28/h2-4,7-8,11-13,17,19H,5-6,9-10,14-15H2,1H3,(H,25,29)(H,27,28). The summed E-state index contributed by atoms with van der Waals surface area (Å²) in [4.78, 5) is 13.4. The predicted molar refractivity (Wildman–Crippen MR) is 122 cm³/mol. The van der Waals surface area contributed by atoms with Crippen LogP contribution in [0.15, 0.2) is 48.5 Å². The second kappa shape index (κ2) is 10.1. The first-order valence-corrected chi connectivity index (χ1v) is 10.8. The van der Waals surface area contributed by atoms with Gasteiger partial charge in [0.05, 0.1) is 5.92 Å². The van der Waals surface area contributed by atoms with E-state index in [0.29, 0.717) is 22.6 Å². The molecular weight excluding hydrogens is 404 g/mol. The van der Waals surface area contributed by atoms with Crippen LogP contribution in [0, 0.1) is 18.8 Å². The zero-order valence-corrected chi connectivity index (χ0v) is 18.2. The Bertz CT molecular complexity index is 848. The molecule has 0 radical (unpaired) electrons. The van der Waals surface area contributed by atoms with E-state index in [1.54, 1.807) is 0 Å². The fourth-order valence-corrected chi connectivity index (χ4v) is 4.24. The highest BCUT2D eigenvalue weighted by molar-refractivity contribution is 7.80. The number of nitrogens with one attached hydrogen (secondary N) is 1. The number of rotatable bonds is 6. The molecule has 3 rings (SSSR count). The summed E-state index contributed by atoms with van der Waals surface area (Å²) in [6.07, 6.45) is 3.32. The molecule has 29 heavy (non-hydrogen) atoms. The number of aliphatic carboxylic acids is 1. The zero-order chi connectivity index (χ0) is 20.8. The quantitative estimate of drug-likeness (QED) is 0.572. The Balaban J connectivity index is 1.69. The molecule has 1 fully saturated rings. The SMILES string of the molecule is Cc1cccc(NC(=S)N(Cc2ccc(Cl)cc2)CC2CCC(C(=O)O)CC2)c1. The molecule has 0 unspecified atom stereocenters. The molecule has 0 atom stereocenters. The molecule has 0 amide bonds. The summed E-state index contributed by atoms with van der Waals surface area (Å²) in [5.74, 6) is -0.429. The number of aryl methyl sites for hydroxylation is 1.